The van der Waals surface area contributed by atoms with E-state index in [1.807, 2.05) is 36.4 Å². The first-order chi connectivity index (χ1) is 17.1. The van der Waals surface area contributed by atoms with Crippen LogP contribution in [-0.4, -0.2) is 31.9 Å². The van der Waals surface area contributed by atoms with Gasteiger partial charge in [-0.15, -0.1) is 5.10 Å². The largest absolute Gasteiger partial charge is 0.329 e. The monoisotopic (exact) mass is 484 g/mol. The molecular formula is C25H17FN6O2S. The number of carbonyl (C=O) groups is 1. The van der Waals surface area contributed by atoms with Gasteiger partial charge in [0.25, 0.3) is 5.56 Å². The lowest BCUT2D eigenvalue weighted by Gasteiger charge is -2.30. The van der Waals surface area contributed by atoms with Crippen molar-refractivity contribution in [3.63, 3.8) is 0 Å². The molecule has 2 N–H and O–H groups in total. The molecule has 3 heterocycles. The van der Waals surface area contributed by atoms with E-state index in [0.717, 1.165) is 11.1 Å². The summed E-state index contributed by atoms with van der Waals surface area (Å²) in [5.74, 6) is 0.449. The molecule has 2 unspecified atom stereocenters. The number of nitrogens with zero attached hydrogens (tertiary/aromatic N) is 4. The normalized spacial score (nSPS) is 20.3. The van der Waals surface area contributed by atoms with Crippen molar-refractivity contribution in [3.8, 4) is 11.4 Å². The molecule has 172 valence electrons. The highest BCUT2D eigenvalue weighted by Crippen LogP contribution is 2.35. The predicted octanol–water partition coefficient (Wildman–Crippen LogP) is 3.89. The maximum atomic E-state index is 13.4. The van der Waals surface area contributed by atoms with Gasteiger partial charge in [-0.25, -0.2) is 19.2 Å². The van der Waals surface area contributed by atoms with E-state index in [-0.39, 0.29) is 16.6 Å². The van der Waals surface area contributed by atoms with Crippen LogP contribution in [0, 0.1) is 5.82 Å². The second kappa shape index (κ2) is 8.48. The quantitative estimate of drug-likeness (QED) is 0.461. The van der Waals surface area contributed by atoms with Crippen LogP contribution in [0.15, 0.2) is 93.8 Å². The Morgan fingerprint density at radius 2 is 1.69 bits per heavy atom. The molecule has 4 aromatic rings. The second-order valence-corrected chi connectivity index (χ2v) is 9.09. The van der Waals surface area contributed by atoms with E-state index in [0.29, 0.717) is 27.7 Å². The Labute approximate surface area is 202 Å². The van der Waals surface area contributed by atoms with Crippen LogP contribution in [0.25, 0.3) is 22.3 Å². The van der Waals surface area contributed by atoms with Crippen LogP contribution in [0.1, 0.15) is 11.6 Å². The summed E-state index contributed by atoms with van der Waals surface area (Å²) in [5.41, 5.74) is 1.71. The van der Waals surface area contributed by atoms with E-state index in [4.69, 9.17) is 4.98 Å². The second-order valence-electron chi connectivity index (χ2n) is 7.98. The highest BCUT2D eigenvalue weighted by atomic mass is 32.2. The van der Waals surface area contributed by atoms with Crippen molar-refractivity contribution in [3.05, 3.63) is 101 Å². The number of carbonyl (C=O) groups excluding carboxylic acids is 1. The first-order valence-corrected chi connectivity index (χ1v) is 11.7. The number of fused-ring (bicyclic) bond motifs is 2. The molecule has 2 aliphatic heterocycles. The van der Waals surface area contributed by atoms with Gasteiger partial charge < -0.3 is 5.32 Å². The molecule has 1 fully saturated rings. The average molecular weight is 485 g/mol. The Kier molecular flexibility index (Phi) is 5.14. The lowest BCUT2D eigenvalue weighted by molar-refractivity contribution is 0.239. The molecule has 2 amide bonds. The molecule has 6 rings (SSSR count). The number of amides is 2. The molecule has 1 aromatic heterocycles. The number of urea groups is 1. The molecule has 0 saturated carbocycles. The van der Waals surface area contributed by atoms with E-state index in [1.54, 1.807) is 30.3 Å². The van der Waals surface area contributed by atoms with Crippen LogP contribution in [0.2, 0.25) is 0 Å². The molecule has 1 saturated heterocycles. The third-order valence-electron chi connectivity index (χ3n) is 5.75. The molecule has 0 spiro atoms. The van der Waals surface area contributed by atoms with Crippen LogP contribution in [0.4, 0.5) is 9.18 Å². The zero-order valence-electron chi connectivity index (χ0n) is 18.1. The Balaban J connectivity index is 1.46. The molecule has 35 heavy (non-hydrogen) atoms. The molecule has 0 radical (unpaired) electrons. The SMILES string of the molecule is O=C1NC2=N/C(=N/n3c(-c4ccccc4)nc4ccccc4c3=O)SC2C(c2ccc(F)cc2)N1. The summed E-state index contributed by atoms with van der Waals surface area (Å²) in [7, 11) is 0. The van der Waals surface area contributed by atoms with Crippen LogP contribution >= 0.6 is 11.8 Å². The minimum Gasteiger partial charge on any atom is -0.329 e. The molecule has 0 aliphatic carbocycles. The summed E-state index contributed by atoms with van der Waals surface area (Å²) < 4.78 is 14.7. The summed E-state index contributed by atoms with van der Waals surface area (Å²) in [5, 5.41) is 10.6. The average Bonchev–Trinajstić information content (AvgIpc) is 3.28. The van der Waals surface area contributed by atoms with E-state index in [1.165, 1.54) is 28.6 Å². The maximum Gasteiger partial charge on any atom is 0.320 e. The van der Waals surface area contributed by atoms with Gasteiger partial charge in [0.05, 0.1) is 22.2 Å². The van der Waals surface area contributed by atoms with E-state index < -0.39 is 12.1 Å². The minimum atomic E-state index is -0.444. The standard InChI is InChI=1S/C25H17FN6O2S/c26-16-12-10-14(11-13-16)19-20-21(29-24(34)28-19)30-25(35-20)31-32-22(15-6-2-1-3-7-15)27-18-9-5-4-8-17(18)23(32)33/h1-13,19-20H,(H2,28,29,30,31,34). The van der Waals surface area contributed by atoms with Crippen LogP contribution < -0.4 is 16.2 Å². The lowest BCUT2D eigenvalue weighted by Crippen LogP contribution is -2.54. The van der Waals surface area contributed by atoms with E-state index in [9.17, 15) is 14.0 Å². The van der Waals surface area contributed by atoms with Crippen LogP contribution in [0.3, 0.4) is 0 Å². The molecule has 2 atom stereocenters. The number of hydrogen-bond acceptors (Lipinski definition) is 5. The fourth-order valence-corrected chi connectivity index (χ4v) is 5.20. The van der Waals surface area contributed by atoms with Crippen molar-refractivity contribution in [1.82, 2.24) is 20.3 Å². The molecule has 0 bridgehead atoms. The number of aromatic nitrogens is 2. The first-order valence-electron chi connectivity index (χ1n) is 10.8. The molecule has 2 aliphatic rings. The Hall–Kier alpha value is -4.31. The number of thioether (sulfide) groups is 1. The summed E-state index contributed by atoms with van der Waals surface area (Å²) in [6, 6.07) is 21.5. The number of hydrogen-bond donors (Lipinski definition) is 2. The number of para-hydroxylation sites is 1. The number of nitrogens with one attached hydrogen (secondary N) is 2. The number of rotatable bonds is 3. The summed E-state index contributed by atoms with van der Waals surface area (Å²) >= 11 is 1.30. The van der Waals surface area contributed by atoms with Gasteiger partial charge in [0.1, 0.15) is 11.7 Å². The third kappa shape index (κ3) is 3.87. The van der Waals surface area contributed by atoms with Crippen LogP contribution in [-0.2, 0) is 0 Å². The summed E-state index contributed by atoms with van der Waals surface area (Å²) in [6.45, 7) is 0. The topological polar surface area (TPSA) is 101 Å². The fourth-order valence-electron chi connectivity index (χ4n) is 4.11. The summed E-state index contributed by atoms with van der Waals surface area (Å²) in [4.78, 5) is 34.9. The van der Waals surface area contributed by atoms with Crippen molar-refractivity contribution in [2.24, 2.45) is 10.1 Å². The number of benzene rings is 3. The molecule has 3 aromatic carbocycles. The number of aliphatic imine (C=N–C) groups is 1. The highest BCUT2D eigenvalue weighted by Gasteiger charge is 2.40. The minimum absolute atomic E-state index is 0.303. The van der Waals surface area contributed by atoms with Crippen molar-refractivity contribution < 1.29 is 9.18 Å². The van der Waals surface area contributed by atoms with Crippen molar-refractivity contribution >= 4 is 39.7 Å². The van der Waals surface area contributed by atoms with Crippen LogP contribution in [0.5, 0.6) is 0 Å². The predicted molar refractivity (Wildman–Crippen MR) is 134 cm³/mol. The van der Waals surface area contributed by atoms with Crippen molar-refractivity contribution in [2.75, 3.05) is 0 Å². The van der Waals surface area contributed by atoms with Gasteiger partial charge in [-0.3, -0.25) is 10.1 Å². The van der Waals surface area contributed by atoms with Crippen molar-refractivity contribution in [1.29, 1.82) is 0 Å². The number of amidine groups is 2. The van der Waals surface area contributed by atoms with Gasteiger partial charge in [0.2, 0.25) is 5.17 Å². The molecule has 10 heteroatoms. The lowest BCUT2D eigenvalue weighted by atomic mass is 10.0. The molecular weight excluding hydrogens is 467 g/mol. The molecule has 8 nitrogen and oxygen atoms in total. The summed E-state index contributed by atoms with van der Waals surface area (Å²) in [6.07, 6.45) is 0. The highest BCUT2D eigenvalue weighted by molar-refractivity contribution is 8.15. The van der Waals surface area contributed by atoms with E-state index >= 15 is 0 Å². The smallest absolute Gasteiger partial charge is 0.320 e. The van der Waals surface area contributed by atoms with E-state index in [2.05, 4.69) is 20.7 Å². The fraction of sp³-hybridized carbons (Fsp3) is 0.0800. The van der Waals surface area contributed by atoms with Gasteiger partial charge in [0.15, 0.2) is 5.82 Å². The van der Waals surface area contributed by atoms with Gasteiger partial charge in [-0.2, -0.15) is 4.68 Å². The first kappa shape index (κ1) is 21.2. The van der Waals surface area contributed by atoms with Crippen molar-refractivity contribution in [2.45, 2.75) is 11.3 Å². The third-order valence-corrected chi connectivity index (χ3v) is 6.88. The zero-order valence-corrected chi connectivity index (χ0v) is 18.9. The number of halogens is 1. The Morgan fingerprint density at radius 1 is 0.943 bits per heavy atom. The van der Waals surface area contributed by atoms with Gasteiger partial charge >= 0.3 is 6.03 Å². The van der Waals surface area contributed by atoms with Gasteiger partial charge in [0, 0.05) is 5.56 Å². The maximum absolute atomic E-state index is 13.4. The Morgan fingerprint density at radius 3 is 2.49 bits per heavy atom. The Bertz CT molecular complexity index is 1580. The van der Waals surface area contributed by atoms with Gasteiger partial charge in [-0.1, -0.05) is 66.4 Å². The zero-order chi connectivity index (χ0) is 23.9. The van der Waals surface area contributed by atoms with Gasteiger partial charge in [-0.05, 0) is 29.8 Å².